The van der Waals surface area contributed by atoms with Crippen molar-refractivity contribution in [3.8, 4) is 17.4 Å². The van der Waals surface area contributed by atoms with Gasteiger partial charge in [-0.1, -0.05) is 24.3 Å². The summed E-state index contributed by atoms with van der Waals surface area (Å²) in [6.07, 6.45) is 4.53. The molecule has 1 N–H and O–H groups in total. The van der Waals surface area contributed by atoms with Crippen molar-refractivity contribution < 1.29 is 14.3 Å². The zero-order valence-electron chi connectivity index (χ0n) is 15.7. The van der Waals surface area contributed by atoms with Crippen molar-refractivity contribution in [3.05, 3.63) is 78.0 Å². The van der Waals surface area contributed by atoms with Crippen molar-refractivity contribution in [1.29, 1.82) is 0 Å². The smallest absolute Gasteiger partial charge is 0.243 e. The highest BCUT2D eigenvalue weighted by Gasteiger charge is 2.26. The summed E-state index contributed by atoms with van der Waals surface area (Å²) in [7, 11) is 1.62. The van der Waals surface area contributed by atoms with Crippen LogP contribution in [0.2, 0.25) is 0 Å². The maximum atomic E-state index is 13.0. The second kappa shape index (κ2) is 8.13. The molecular formula is C23H22N2O3. The van der Waals surface area contributed by atoms with Gasteiger partial charge in [0.05, 0.1) is 13.0 Å². The topological polar surface area (TPSA) is 60.5 Å². The Labute approximate surface area is 164 Å². The van der Waals surface area contributed by atoms with E-state index in [1.165, 1.54) is 5.56 Å². The second-order valence-corrected chi connectivity index (χ2v) is 6.77. The molecular weight excluding hydrogens is 352 g/mol. The number of hydrogen-bond donors (Lipinski definition) is 1. The number of rotatable bonds is 5. The molecule has 0 saturated carbocycles. The number of nitrogens with zero attached hydrogens (tertiary/aromatic N) is 1. The third-order valence-electron chi connectivity index (χ3n) is 4.99. The molecule has 0 fully saturated rings. The minimum Gasteiger partial charge on any atom is -0.497 e. The van der Waals surface area contributed by atoms with Crippen molar-refractivity contribution in [2.75, 3.05) is 12.4 Å². The quantitative estimate of drug-likeness (QED) is 0.687. The Balaban J connectivity index is 1.53. The highest BCUT2D eigenvalue weighted by Crippen LogP contribution is 2.34. The number of pyridine rings is 1. The van der Waals surface area contributed by atoms with Crippen molar-refractivity contribution >= 4 is 11.6 Å². The summed E-state index contributed by atoms with van der Waals surface area (Å²) < 4.78 is 11.0. The zero-order chi connectivity index (χ0) is 19.3. The van der Waals surface area contributed by atoms with Crippen molar-refractivity contribution in [2.24, 2.45) is 0 Å². The fraction of sp³-hybridized carbons (Fsp3) is 0.217. The fourth-order valence-electron chi connectivity index (χ4n) is 3.57. The number of anilines is 1. The largest absolute Gasteiger partial charge is 0.497 e. The average Bonchev–Trinajstić information content (AvgIpc) is 2.75. The number of nitrogens with one attached hydrogen (secondary N) is 1. The second-order valence-electron chi connectivity index (χ2n) is 6.77. The highest BCUT2D eigenvalue weighted by atomic mass is 16.5. The molecule has 28 heavy (non-hydrogen) atoms. The van der Waals surface area contributed by atoms with Gasteiger partial charge in [-0.05, 0) is 66.8 Å². The summed E-state index contributed by atoms with van der Waals surface area (Å²) in [6.45, 7) is 0. The average molecular weight is 374 g/mol. The van der Waals surface area contributed by atoms with E-state index in [2.05, 4.69) is 22.4 Å². The van der Waals surface area contributed by atoms with Gasteiger partial charge in [-0.15, -0.1) is 0 Å². The number of carbonyl (C=O) groups excluding carboxylic acids is 1. The van der Waals surface area contributed by atoms with E-state index in [0.29, 0.717) is 17.3 Å². The minimum atomic E-state index is -0.154. The lowest BCUT2D eigenvalue weighted by Gasteiger charge is -2.24. The molecule has 1 atom stereocenters. The normalized spacial score (nSPS) is 15.4. The predicted octanol–water partition coefficient (Wildman–Crippen LogP) is 4.94. The van der Waals surface area contributed by atoms with Gasteiger partial charge in [-0.25, -0.2) is 4.98 Å². The van der Waals surface area contributed by atoms with Crippen LogP contribution < -0.4 is 14.8 Å². The molecule has 1 aliphatic rings. The Hall–Kier alpha value is -3.34. The Morgan fingerprint density at radius 2 is 1.82 bits per heavy atom. The molecule has 3 aromatic rings. The van der Waals surface area contributed by atoms with Crippen molar-refractivity contribution in [1.82, 2.24) is 4.98 Å². The number of hydrogen-bond acceptors (Lipinski definition) is 4. The molecule has 0 spiro atoms. The van der Waals surface area contributed by atoms with E-state index in [1.807, 2.05) is 24.3 Å². The van der Waals surface area contributed by atoms with E-state index in [1.54, 1.807) is 37.6 Å². The Bertz CT molecular complexity index is 970. The molecule has 5 heteroatoms. The lowest BCUT2D eigenvalue weighted by molar-refractivity contribution is -0.117. The van der Waals surface area contributed by atoms with E-state index < -0.39 is 0 Å². The van der Waals surface area contributed by atoms with Gasteiger partial charge < -0.3 is 14.8 Å². The summed E-state index contributed by atoms with van der Waals surface area (Å²) in [5.41, 5.74) is 2.94. The van der Waals surface area contributed by atoms with E-state index in [-0.39, 0.29) is 11.8 Å². The lowest BCUT2D eigenvalue weighted by Crippen LogP contribution is -2.25. The number of methoxy groups -OCH3 is 1. The Morgan fingerprint density at radius 1 is 1.04 bits per heavy atom. The standard InChI is InChI=1S/C23H22N2O3/c1-27-17-11-13-18(14-12-17)28-23-21(10-5-15-24-23)25-22(26)20-9-4-7-16-6-2-3-8-19(16)20/h2-3,5-6,8,10-15,20H,4,7,9H2,1H3,(H,25,26). The summed E-state index contributed by atoms with van der Waals surface area (Å²) in [6, 6.07) is 19.0. The van der Waals surface area contributed by atoms with Crippen LogP contribution in [0, 0.1) is 0 Å². The highest BCUT2D eigenvalue weighted by molar-refractivity contribution is 5.97. The first kappa shape index (κ1) is 18.0. The first-order valence-corrected chi connectivity index (χ1v) is 9.40. The lowest BCUT2D eigenvalue weighted by atomic mass is 9.82. The number of ether oxygens (including phenoxy) is 2. The van der Waals surface area contributed by atoms with Crippen LogP contribution >= 0.6 is 0 Å². The van der Waals surface area contributed by atoms with Gasteiger partial charge in [-0.3, -0.25) is 4.79 Å². The molecule has 2 aromatic carbocycles. The molecule has 1 aliphatic carbocycles. The summed E-state index contributed by atoms with van der Waals surface area (Å²) >= 11 is 0. The van der Waals surface area contributed by atoms with Crippen LogP contribution in [0.4, 0.5) is 5.69 Å². The number of aryl methyl sites for hydroxylation is 1. The van der Waals surface area contributed by atoms with Gasteiger partial charge in [0.1, 0.15) is 17.2 Å². The van der Waals surface area contributed by atoms with Crippen LogP contribution in [0.3, 0.4) is 0 Å². The predicted molar refractivity (Wildman–Crippen MR) is 108 cm³/mol. The molecule has 0 radical (unpaired) electrons. The van der Waals surface area contributed by atoms with Crippen LogP contribution in [-0.2, 0) is 11.2 Å². The molecule has 1 aromatic heterocycles. The third-order valence-corrected chi connectivity index (χ3v) is 4.99. The van der Waals surface area contributed by atoms with Crippen LogP contribution in [0.1, 0.15) is 29.9 Å². The van der Waals surface area contributed by atoms with Crippen LogP contribution in [0.5, 0.6) is 17.4 Å². The molecule has 4 rings (SSSR count). The van der Waals surface area contributed by atoms with Gasteiger partial charge in [0, 0.05) is 6.20 Å². The van der Waals surface area contributed by atoms with Crippen LogP contribution in [0.15, 0.2) is 66.9 Å². The zero-order valence-corrected chi connectivity index (χ0v) is 15.7. The fourth-order valence-corrected chi connectivity index (χ4v) is 3.57. The monoisotopic (exact) mass is 374 g/mol. The molecule has 5 nitrogen and oxygen atoms in total. The van der Waals surface area contributed by atoms with Gasteiger partial charge in [0.15, 0.2) is 0 Å². The van der Waals surface area contributed by atoms with Gasteiger partial charge in [0.2, 0.25) is 11.8 Å². The third kappa shape index (κ3) is 3.83. The molecule has 0 bridgehead atoms. The number of aromatic nitrogens is 1. The molecule has 0 saturated heterocycles. The van der Waals surface area contributed by atoms with Gasteiger partial charge in [-0.2, -0.15) is 0 Å². The first-order valence-electron chi connectivity index (χ1n) is 9.40. The summed E-state index contributed by atoms with van der Waals surface area (Å²) in [4.78, 5) is 17.3. The molecule has 1 unspecified atom stereocenters. The van der Waals surface area contributed by atoms with Crippen LogP contribution in [0.25, 0.3) is 0 Å². The maximum Gasteiger partial charge on any atom is 0.243 e. The number of fused-ring (bicyclic) bond motifs is 1. The molecule has 142 valence electrons. The van der Waals surface area contributed by atoms with E-state index in [0.717, 1.165) is 30.6 Å². The summed E-state index contributed by atoms with van der Waals surface area (Å²) in [5, 5.41) is 3.01. The van der Waals surface area contributed by atoms with Gasteiger partial charge in [0.25, 0.3) is 0 Å². The van der Waals surface area contributed by atoms with Crippen LogP contribution in [-0.4, -0.2) is 18.0 Å². The first-order chi connectivity index (χ1) is 13.7. The minimum absolute atomic E-state index is 0.0280. The number of benzene rings is 2. The molecule has 1 heterocycles. The maximum absolute atomic E-state index is 13.0. The van der Waals surface area contributed by atoms with E-state index in [9.17, 15) is 4.79 Å². The Morgan fingerprint density at radius 3 is 2.64 bits per heavy atom. The van der Waals surface area contributed by atoms with Crippen molar-refractivity contribution in [2.45, 2.75) is 25.2 Å². The van der Waals surface area contributed by atoms with Gasteiger partial charge >= 0.3 is 0 Å². The SMILES string of the molecule is COc1ccc(Oc2ncccc2NC(=O)C2CCCc3ccccc32)cc1. The molecule has 0 aliphatic heterocycles. The number of carbonyl (C=O) groups is 1. The summed E-state index contributed by atoms with van der Waals surface area (Å²) in [5.74, 6) is 1.56. The van der Waals surface area contributed by atoms with E-state index >= 15 is 0 Å². The molecule has 1 amide bonds. The number of amides is 1. The Kier molecular flexibility index (Phi) is 5.24. The van der Waals surface area contributed by atoms with E-state index in [4.69, 9.17) is 9.47 Å². The van der Waals surface area contributed by atoms with Crippen molar-refractivity contribution in [3.63, 3.8) is 0 Å².